The Morgan fingerprint density at radius 1 is 1.00 bits per heavy atom. The number of carbonyl (C=O) groups excluding carboxylic acids is 3. The first-order valence-corrected chi connectivity index (χ1v) is 12.8. The molecule has 0 saturated carbocycles. The summed E-state index contributed by atoms with van der Waals surface area (Å²) in [6.07, 6.45) is 0.726. The van der Waals surface area contributed by atoms with Crippen molar-refractivity contribution < 1.29 is 14.4 Å². The lowest BCUT2D eigenvalue weighted by atomic mass is 9.76. The third-order valence-electron chi connectivity index (χ3n) is 7.25. The second kappa shape index (κ2) is 8.29. The SMILES string of the molecule is CCSCC[C@@H]1N[C@@]2(C(=O)N(CC)c3ccccc32)[C@@H]2C(=O)N(c3ccc(C)cc3)C(=O)[C@H]12. The second-order valence-corrected chi connectivity index (χ2v) is 10.4. The number of rotatable bonds is 6. The van der Waals surface area contributed by atoms with Gasteiger partial charge in [-0.1, -0.05) is 42.8 Å². The predicted molar refractivity (Wildman–Crippen MR) is 131 cm³/mol. The van der Waals surface area contributed by atoms with Crippen LogP contribution in [0.25, 0.3) is 0 Å². The molecule has 0 radical (unpaired) electrons. The summed E-state index contributed by atoms with van der Waals surface area (Å²) in [4.78, 5) is 44.7. The van der Waals surface area contributed by atoms with Crippen molar-refractivity contribution in [1.29, 1.82) is 0 Å². The van der Waals surface area contributed by atoms with E-state index in [-0.39, 0.29) is 23.8 Å². The van der Waals surface area contributed by atoms with Gasteiger partial charge in [-0.3, -0.25) is 19.7 Å². The van der Waals surface area contributed by atoms with Crippen molar-refractivity contribution in [2.45, 2.75) is 38.8 Å². The lowest BCUT2D eigenvalue weighted by molar-refractivity contribution is -0.132. The van der Waals surface area contributed by atoms with Gasteiger partial charge in [0, 0.05) is 23.8 Å². The quantitative estimate of drug-likeness (QED) is 0.525. The lowest BCUT2D eigenvalue weighted by Gasteiger charge is -2.30. The summed E-state index contributed by atoms with van der Waals surface area (Å²) in [5, 5.41) is 3.57. The van der Waals surface area contributed by atoms with Crippen LogP contribution in [0, 0.1) is 18.8 Å². The van der Waals surface area contributed by atoms with Crippen LogP contribution in [0.3, 0.4) is 0 Å². The predicted octanol–water partition coefficient (Wildman–Crippen LogP) is 3.48. The molecule has 0 aliphatic carbocycles. The highest BCUT2D eigenvalue weighted by Gasteiger charge is 2.71. The molecule has 3 aliphatic rings. The number of fused-ring (bicyclic) bond motifs is 4. The summed E-state index contributed by atoms with van der Waals surface area (Å²) in [7, 11) is 0. The summed E-state index contributed by atoms with van der Waals surface area (Å²) in [6.45, 7) is 6.53. The smallest absolute Gasteiger partial charge is 0.252 e. The fourth-order valence-electron chi connectivity index (χ4n) is 5.81. The third kappa shape index (κ3) is 3.09. The van der Waals surface area contributed by atoms with Gasteiger partial charge in [-0.15, -0.1) is 0 Å². The molecule has 6 nitrogen and oxygen atoms in total. The number of hydrogen-bond acceptors (Lipinski definition) is 5. The molecule has 3 aliphatic heterocycles. The standard InChI is InChI=1S/C26H29N3O3S/c1-4-28-20-9-7-6-8-18(20)26(25(28)32)22-21(19(27-26)14-15-33-5-2)23(30)29(24(22)31)17-12-10-16(3)11-13-17/h6-13,19,21-22,27H,4-5,14-15H2,1-3H3/t19-,21+,22-,26+/m0/s1. The molecule has 4 atom stereocenters. The first kappa shape index (κ1) is 22.2. The Hall–Kier alpha value is -2.64. The van der Waals surface area contributed by atoms with Crippen LogP contribution in [0.1, 0.15) is 31.4 Å². The number of nitrogens with zero attached hydrogens (tertiary/aromatic N) is 2. The molecule has 1 N–H and O–H groups in total. The molecule has 1 spiro atoms. The molecule has 3 heterocycles. The Balaban J connectivity index is 1.64. The highest BCUT2D eigenvalue weighted by atomic mass is 32.2. The van der Waals surface area contributed by atoms with E-state index < -0.39 is 17.4 Å². The van der Waals surface area contributed by atoms with Gasteiger partial charge in [-0.2, -0.15) is 11.8 Å². The van der Waals surface area contributed by atoms with Crippen LogP contribution < -0.4 is 15.1 Å². The van der Waals surface area contributed by atoms with Crippen molar-refractivity contribution in [3.8, 4) is 0 Å². The van der Waals surface area contributed by atoms with Gasteiger partial charge in [0.1, 0.15) is 5.54 Å². The fraction of sp³-hybridized carbons (Fsp3) is 0.423. The van der Waals surface area contributed by atoms with Crippen molar-refractivity contribution in [1.82, 2.24) is 5.32 Å². The van der Waals surface area contributed by atoms with E-state index in [4.69, 9.17) is 0 Å². The Kier molecular flexibility index (Phi) is 5.57. The minimum Gasteiger partial charge on any atom is -0.310 e. The maximum Gasteiger partial charge on any atom is 0.252 e. The second-order valence-electron chi connectivity index (χ2n) is 8.96. The normalized spacial score (nSPS) is 28.2. The van der Waals surface area contributed by atoms with Gasteiger partial charge < -0.3 is 4.90 Å². The van der Waals surface area contributed by atoms with E-state index in [9.17, 15) is 14.4 Å². The Morgan fingerprint density at radius 3 is 2.42 bits per heavy atom. The average molecular weight is 464 g/mol. The van der Waals surface area contributed by atoms with Crippen LogP contribution in [-0.2, 0) is 19.9 Å². The van der Waals surface area contributed by atoms with E-state index in [1.807, 2.05) is 74.1 Å². The lowest BCUT2D eigenvalue weighted by Crippen LogP contribution is -2.55. The topological polar surface area (TPSA) is 69.7 Å². The molecule has 2 fully saturated rings. The zero-order valence-electron chi connectivity index (χ0n) is 19.2. The van der Waals surface area contributed by atoms with E-state index in [0.29, 0.717) is 12.2 Å². The Morgan fingerprint density at radius 2 is 1.73 bits per heavy atom. The molecule has 0 bridgehead atoms. The van der Waals surface area contributed by atoms with E-state index in [1.54, 1.807) is 4.90 Å². The molecular weight excluding hydrogens is 434 g/mol. The number of likely N-dealkylation sites (N-methyl/N-ethyl adjacent to an activating group) is 1. The number of thioether (sulfide) groups is 1. The molecule has 0 aromatic heterocycles. The van der Waals surface area contributed by atoms with Gasteiger partial charge >= 0.3 is 0 Å². The Bertz CT molecular complexity index is 1120. The maximum atomic E-state index is 14.0. The monoisotopic (exact) mass is 463 g/mol. The zero-order chi connectivity index (χ0) is 23.3. The number of hydrogen-bond donors (Lipinski definition) is 1. The summed E-state index contributed by atoms with van der Waals surface area (Å²) in [5.74, 6) is -0.0815. The number of amides is 3. The summed E-state index contributed by atoms with van der Waals surface area (Å²) in [5.41, 5.74) is 2.07. The number of benzene rings is 2. The van der Waals surface area contributed by atoms with Crippen LogP contribution in [0.5, 0.6) is 0 Å². The molecule has 0 unspecified atom stereocenters. The van der Waals surface area contributed by atoms with E-state index >= 15 is 0 Å². The largest absolute Gasteiger partial charge is 0.310 e. The zero-order valence-corrected chi connectivity index (χ0v) is 20.0. The molecule has 172 valence electrons. The highest BCUT2D eigenvalue weighted by molar-refractivity contribution is 7.99. The number of nitrogens with one attached hydrogen (secondary N) is 1. The molecule has 7 heteroatoms. The van der Waals surface area contributed by atoms with E-state index in [0.717, 1.165) is 34.7 Å². The van der Waals surface area contributed by atoms with Crippen LogP contribution in [0.15, 0.2) is 48.5 Å². The van der Waals surface area contributed by atoms with Gasteiger partial charge in [-0.25, -0.2) is 4.90 Å². The minimum absolute atomic E-state index is 0.126. The molecule has 2 aromatic carbocycles. The average Bonchev–Trinajstić information content (AvgIpc) is 3.38. The fourth-order valence-corrected chi connectivity index (χ4v) is 6.52. The summed E-state index contributed by atoms with van der Waals surface area (Å²) in [6, 6.07) is 14.9. The molecule has 5 rings (SSSR count). The van der Waals surface area contributed by atoms with Crippen molar-refractivity contribution in [3.05, 3.63) is 59.7 Å². The molecule has 2 aromatic rings. The summed E-state index contributed by atoms with van der Waals surface area (Å²) < 4.78 is 0. The molecule has 33 heavy (non-hydrogen) atoms. The van der Waals surface area contributed by atoms with Gasteiger partial charge in [-0.05, 0) is 50.0 Å². The number of aryl methyl sites for hydroxylation is 1. The minimum atomic E-state index is -1.20. The van der Waals surface area contributed by atoms with Crippen LogP contribution in [0.4, 0.5) is 11.4 Å². The van der Waals surface area contributed by atoms with Gasteiger partial charge in [0.15, 0.2) is 0 Å². The number of anilines is 2. The van der Waals surface area contributed by atoms with Crippen molar-refractivity contribution in [3.63, 3.8) is 0 Å². The van der Waals surface area contributed by atoms with Gasteiger partial charge in [0.25, 0.3) is 5.91 Å². The maximum absolute atomic E-state index is 14.0. The highest BCUT2D eigenvalue weighted by Crippen LogP contribution is 2.55. The van der Waals surface area contributed by atoms with Crippen LogP contribution in [0.2, 0.25) is 0 Å². The third-order valence-corrected chi connectivity index (χ3v) is 8.18. The van der Waals surface area contributed by atoms with Crippen LogP contribution >= 0.6 is 11.8 Å². The summed E-state index contributed by atoms with van der Waals surface area (Å²) >= 11 is 1.81. The van der Waals surface area contributed by atoms with Crippen molar-refractivity contribution in [2.24, 2.45) is 11.8 Å². The number of para-hydroxylation sites is 1. The van der Waals surface area contributed by atoms with Crippen LogP contribution in [-0.4, -0.2) is 41.8 Å². The first-order chi connectivity index (χ1) is 16.0. The van der Waals surface area contributed by atoms with Crippen molar-refractivity contribution in [2.75, 3.05) is 27.9 Å². The van der Waals surface area contributed by atoms with Gasteiger partial charge in [0.05, 0.1) is 17.5 Å². The molecule has 2 saturated heterocycles. The first-order valence-electron chi connectivity index (χ1n) is 11.7. The molecular formula is C26H29N3O3S. The van der Waals surface area contributed by atoms with Gasteiger partial charge in [0.2, 0.25) is 11.8 Å². The Labute approximate surface area is 198 Å². The number of carbonyl (C=O) groups is 3. The number of imide groups is 1. The van der Waals surface area contributed by atoms with Crippen molar-refractivity contribution >= 4 is 40.9 Å². The van der Waals surface area contributed by atoms with E-state index in [2.05, 4.69) is 12.2 Å². The van der Waals surface area contributed by atoms with E-state index in [1.165, 1.54) is 4.90 Å². The molecule has 3 amide bonds.